The monoisotopic (exact) mass is 241 g/mol. The molecule has 2 rings (SSSR count). The number of aliphatic hydroxyl groups is 1. The Morgan fingerprint density at radius 1 is 1.46 bits per heavy atom. The summed E-state index contributed by atoms with van der Waals surface area (Å²) in [5, 5.41) is 13.1. The second-order valence-corrected chi connectivity index (χ2v) is 4.17. The van der Waals surface area contributed by atoms with Crippen molar-refractivity contribution in [3.63, 3.8) is 0 Å². The van der Waals surface area contributed by atoms with E-state index in [9.17, 15) is 5.11 Å². The van der Waals surface area contributed by atoms with Crippen LogP contribution in [-0.4, -0.2) is 17.7 Å². The summed E-state index contributed by atoms with van der Waals surface area (Å²) in [4.78, 5) is 0. The van der Waals surface area contributed by atoms with Gasteiger partial charge in [0.2, 0.25) is 0 Å². The van der Waals surface area contributed by atoms with Crippen LogP contribution >= 0.6 is 15.9 Å². The number of halogens is 1. The Morgan fingerprint density at radius 3 is 2.69 bits per heavy atom. The zero-order valence-corrected chi connectivity index (χ0v) is 8.79. The van der Waals surface area contributed by atoms with E-state index in [2.05, 4.69) is 21.2 Å². The highest BCUT2D eigenvalue weighted by atomic mass is 79.9. The van der Waals surface area contributed by atoms with E-state index in [0.29, 0.717) is 0 Å². The van der Waals surface area contributed by atoms with Crippen LogP contribution in [0.3, 0.4) is 0 Å². The van der Waals surface area contributed by atoms with Gasteiger partial charge in [0.1, 0.15) is 0 Å². The van der Waals surface area contributed by atoms with Crippen LogP contribution in [0.2, 0.25) is 0 Å². The van der Waals surface area contributed by atoms with Crippen molar-refractivity contribution in [3.8, 4) is 0 Å². The average molecular weight is 242 g/mol. The fraction of sp³-hybridized carbons (Fsp3) is 0.400. The van der Waals surface area contributed by atoms with Gasteiger partial charge in [-0.15, -0.1) is 0 Å². The van der Waals surface area contributed by atoms with Crippen molar-refractivity contribution >= 4 is 15.9 Å². The first-order chi connectivity index (χ1) is 6.29. The highest BCUT2D eigenvalue weighted by molar-refractivity contribution is 9.10. The van der Waals surface area contributed by atoms with Gasteiger partial charge in [0.25, 0.3) is 0 Å². The first-order valence-corrected chi connectivity index (χ1v) is 5.24. The molecule has 1 heterocycles. The van der Waals surface area contributed by atoms with Gasteiger partial charge in [-0.2, -0.15) is 0 Å². The molecule has 13 heavy (non-hydrogen) atoms. The molecule has 3 heteroatoms. The summed E-state index contributed by atoms with van der Waals surface area (Å²) < 4.78 is 0.983. The molecule has 1 saturated heterocycles. The minimum Gasteiger partial charge on any atom is -0.387 e. The molecule has 0 aliphatic carbocycles. The Morgan fingerprint density at radius 2 is 2.15 bits per heavy atom. The predicted molar refractivity (Wildman–Crippen MR) is 55.5 cm³/mol. The van der Waals surface area contributed by atoms with Gasteiger partial charge < -0.3 is 10.4 Å². The van der Waals surface area contributed by atoms with E-state index in [-0.39, 0.29) is 12.1 Å². The van der Waals surface area contributed by atoms with Gasteiger partial charge in [0.15, 0.2) is 0 Å². The molecular weight excluding hydrogens is 230 g/mol. The molecule has 1 fully saturated rings. The molecule has 2 N–H and O–H groups in total. The maximum atomic E-state index is 9.93. The van der Waals surface area contributed by atoms with Gasteiger partial charge in [0, 0.05) is 10.5 Å². The molecule has 2 atom stereocenters. The van der Waals surface area contributed by atoms with E-state index in [1.54, 1.807) is 0 Å². The summed E-state index contributed by atoms with van der Waals surface area (Å²) in [5.41, 5.74) is 0.972. The minimum atomic E-state index is -0.385. The maximum absolute atomic E-state index is 9.93. The molecule has 0 spiro atoms. The zero-order valence-electron chi connectivity index (χ0n) is 7.20. The minimum absolute atomic E-state index is 0.235. The third-order valence-electron chi connectivity index (χ3n) is 2.47. The lowest BCUT2D eigenvalue weighted by atomic mass is 9.95. The SMILES string of the molecule is OC(c1ccccc1Br)C1CCN1. The Bertz CT molecular complexity index is 299. The lowest BCUT2D eigenvalue weighted by Gasteiger charge is -2.32. The molecule has 70 valence electrons. The van der Waals surface area contributed by atoms with Crippen LogP contribution in [0.5, 0.6) is 0 Å². The molecule has 1 aliphatic rings. The summed E-state index contributed by atoms with van der Waals surface area (Å²) in [6.45, 7) is 1.02. The second kappa shape index (κ2) is 3.78. The van der Waals surface area contributed by atoms with Crippen molar-refractivity contribution in [2.75, 3.05) is 6.54 Å². The van der Waals surface area contributed by atoms with Crippen LogP contribution in [0, 0.1) is 0 Å². The first kappa shape index (κ1) is 9.19. The Labute approximate surface area is 86.1 Å². The highest BCUT2D eigenvalue weighted by Crippen LogP contribution is 2.28. The van der Waals surface area contributed by atoms with Crippen LogP contribution in [-0.2, 0) is 0 Å². The summed E-state index contributed by atoms with van der Waals surface area (Å²) in [5.74, 6) is 0. The van der Waals surface area contributed by atoms with Crippen LogP contribution < -0.4 is 5.32 Å². The fourth-order valence-electron chi connectivity index (χ4n) is 1.51. The van der Waals surface area contributed by atoms with Crippen LogP contribution in [0.15, 0.2) is 28.7 Å². The van der Waals surface area contributed by atoms with E-state index >= 15 is 0 Å². The highest BCUT2D eigenvalue weighted by Gasteiger charge is 2.26. The Hall–Kier alpha value is -0.380. The zero-order chi connectivity index (χ0) is 9.26. The Kier molecular flexibility index (Phi) is 2.67. The van der Waals surface area contributed by atoms with Crippen molar-refractivity contribution in [3.05, 3.63) is 34.3 Å². The van der Waals surface area contributed by atoms with E-state index < -0.39 is 0 Å². The molecule has 1 aromatic rings. The molecule has 0 saturated carbocycles. The molecule has 0 radical (unpaired) electrons. The number of benzene rings is 1. The summed E-state index contributed by atoms with van der Waals surface area (Å²) in [7, 11) is 0. The number of rotatable bonds is 2. The molecule has 0 aromatic heterocycles. The van der Waals surface area contributed by atoms with Gasteiger partial charge in [-0.25, -0.2) is 0 Å². The summed E-state index contributed by atoms with van der Waals surface area (Å²) in [6, 6.07) is 8.04. The van der Waals surface area contributed by atoms with Crippen molar-refractivity contribution in [1.29, 1.82) is 0 Å². The van der Waals surface area contributed by atoms with Crippen molar-refractivity contribution in [2.24, 2.45) is 0 Å². The standard InChI is InChI=1S/C10H12BrNO/c11-8-4-2-1-3-7(8)10(13)9-5-6-12-9/h1-4,9-10,12-13H,5-6H2. The van der Waals surface area contributed by atoms with Crippen LogP contribution in [0.4, 0.5) is 0 Å². The molecular formula is C10H12BrNO. The normalized spacial score (nSPS) is 23.7. The van der Waals surface area contributed by atoms with E-state index in [0.717, 1.165) is 23.0 Å². The molecule has 0 bridgehead atoms. The quantitative estimate of drug-likeness (QED) is 0.829. The van der Waals surface area contributed by atoms with E-state index in [1.807, 2.05) is 24.3 Å². The summed E-state index contributed by atoms with van der Waals surface area (Å²) >= 11 is 3.43. The predicted octanol–water partition coefficient (Wildman–Crippen LogP) is 1.84. The maximum Gasteiger partial charge on any atom is 0.0954 e. The third kappa shape index (κ3) is 1.77. The number of nitrogens with one attached hydrogen (secondary N) is 1. The first-order valence-electron chi connectivity index (χ1n) is 4.45. The van der Waals surface area contributed by atoms with Gasteiger partial charge in [0.05, 0.1) is 6.10 Å². The lowest BCUT2D eigenvalue weighted by molar-refractivity contribution is 0.0951. The second-order valence-electron chi connectivity index (χ2n) is 3.32. The number of hydrogen-bond acceptors (Lipinski definition) is 2. The van der Waals surface area contributed by atoms with Gasteiger partial charge in [-0.1, -0.05) is 34.1 Å². The molecule has 1 aromatic carbocycles. The van der Waals surface area contributed by atoms with Crippen molar-refractivity contribution < 1.29 is 5.11 Å². The lowest BCUT2D eigenvalue weighted by Crippen LogP contribution is -2.46. The average Bonchev–Trinajstić information content (AvgIpc) is 2.01. The molecule has 1 aliphatic heterocycles. The summed E-state index contributed by atoms with van der Waals surface area (Å²) in [6.07, 6.45) is 0.673. The molecule has 2 nitrogen and oxygen atoms in total. The van der Waals surface area contributed by atoms with E-state index in [1.165, 1.54) is 0 Å². The van der Waals surface area contributed by atoms with Gasteiger partial charge >= 0.3 is 0 Å². The number of aliphatic hydroxyl groups excluding tert-OH is 1. The van der Waals surface area contributed by atoms with Crippen molar-refractivity contribution in [1.82, 2.24) is 5.32 Å². The fourth-order valence-corrected chi connectivity index (χ4v) is 2.03. The van der Waals surface area contributed by atoms with Gasteiger partial charge in [-0.05, 0) is 24.6 Å². The Balaban J connectivity index is 2.18. The smallest absolute Gasteiger partial charge is 0.0954 e. The largest absolute Gasteiger partial charge is 0.387 e. The molecule has 0 amide bonds. The molecule has 2 unspecified atom stereocenters. The topological polar surface area (TPSA) is 32.3 Å². The van der Waals surface area contributed by atoms with Gasteiger partial charge in [-0.3, -0.25) is 0 Å². The van der Waals surface area contributed by atoms with Crippen LogP contribution in [0.25, 0.3) is 0 Å². The van der Waals surface area contributed by atoms with E-state index in [4.69, 9.17) is 0 Å². The van der Waals surface area contributed by atoms with Crippen molar-refractivity contribution in [2.45, 2.75) is 18.6 Å². The number of hydrogen-bond donors (Lipinski definition) is 2. The van der Waals surface area contributed by atoms with Crippen LogP contribution in [0.1, 0.15) is 18.1 Å². The third-order valence-corrected chi connectivity index (χ3v) is 3.19.